The third kappa shape index (κ3) is 2.87. The highest BCUT2D eigenvalue weighted by Gasteiger charge is 2.23. The van der Waals surface area contributed by atoms with Crippen molar-refractivity contribution in [1.29, 1.82) is 0 Å². The Labute approximate surface area is 100 Å². The van der Waals surface area contributed by atoms with Gasteiger partial charge in [0.2, 0.25) is 0 Å². The molecule has 17 heavy (non-hydrogen) atoms. The number of nitrogens with zero attached hydrogens (tertiary/aromatic N) is 2. The van der Waals surface area contributed by atoms with Crippen molar-refractivity contribution in [2.75, 3.05) is 18.4 Å². The molecule has 1 saturated heterocycles. The highest BCUT2D eigenvalue weighted by Crippen LogP contribution is 2.17. The van der Waals surface area contributed by atoms with Crippen LogP contribution in [0.4, 0.5) is 10.6 Å². The molecule has 2 rings (SSSR count). The van der Waals surface area contributed by atoms with Gasteiger partial charge in [0.1, 0.15) is 5.82 Å². The van der Waals surface area contributed by atoms with Gasteiger partial charge in [-0.1, -0.05) is 6.07 Å². The van der Waals surface area contributed by atoms with E-state index < -0.39 is 6.09 Å². The van der Waals surface area contributed by atoms with Gasteiger partial charge < -0.3 is 15.3 Å². The average molecular weight is 235 g/mol. The molecule has 92 valence electrons. The van der Waals surface area contributed by atoms with Gasteiger partial charge in [-0.05, 0) is 31.4 Å². The summed E-state index contributed by atoms with van der Waals surface area (Å²) in [5, 5.41) is 12.3. The maximum atomic E-state index is 10.9. The maximum absolute atomic E-state index is 10.9. The zero-order chi connectivity index (χ0) is 12.3. The smallest absolute Gasteiger partial charge is 0.407 e. The van der Waals surface area contributed by atoms with E-state index >= 15 is 0 Å². The molecule has 2 N–H and O–H groups in total. The first-order valence-corrected chi connectivity index (χ1v) is 5.83. The molecular formula is C12H17N3O2. The van der Waals surface area contributed by atoms with Gasteiger partial charge in [-0.3, -0.25) is 0 Å². The molecule has 1 aliphatic heterocycles. The number of aromatic nitrogens is 1. The van der Waals surface area contributed by atoms with E-state index in [1.165, 1.54) is 4.90 Å². The standard InChI is InChI=1S/C12H17N3O2/c1-9-4-2-6-13-11(9)14-10-5-3-7-15(8-10)12(16)17/h2,4,6,10H,3,5,7-8H2,1H3,(H,13,14)(H,16,17)/t10-/m1/s1. The van der Waals surface area contributed by atoms with E-state index in [1.807, 2.05) is 19.1 Å². The largest absolute Gasteiger partial charge is 0.465 e. The second kappa shape index (κ2) is 5.03. The Kier molecular flexibility index (Phi) is 3.46. The number of carbonyl (C=O) groups is 1. The predicted molar refractivity (Wildman–Crippen MR) is 65.2 cm³/mol. The number of anilines is 1. The number of pyridine rings is 1. The SMILES string of the molecule is Cc1cccnc1N[C@@H]1CCCN(C(=O)O)C1. The molecule has 1 atom stereocenters. The summed E-state index contributed by atoms with van der Waals surface area (Å²) in [5.41, 5.74) is 1.08. The number of carboxylic acid groups (broad SMARTS) is 1. The lowest BCUT2D eigenvalue weighted by Gasteiger charge is -2.31. The molecule has 0 radical (unpaired) electrons. The topological polar surface area (TPSA) is 65.5 Å². The van der Waals surface area contributed by atoms with Crippen molar-refractivity contribution in [2.24, 2.45) is 0 Å². The van der Waals surface area contributed by atoms with Gasteiger partial charge in [0.15, 0.2) is 0 Å². The lowest BCUT2D eigenvalue weighted by atomic mass is 10.1. The van der Waals surface area contributed by atoms with Crippen LogP contribution in [0, 0.1) is 6.92 Å². The van der Waals surface area contributed by atoms with Crippen LogP contribution in [0.3, 0.4) is 0 Å². The number of aryl methyl sites for hydroxylation is 1. The second-order valence-corrected chi connectivity index (χ2v) is 4.38. The van der Waals surface area contributed by atoms with E-state index in [2.05, 4.69) is 10.3 Å². The molecule has 1 amide bonds. The van der Waals surface area contributed by atoms with Crippen LogP contribution in [0.5, 0.6) is 0 Å². The zero-order valence-electron chi connectivity index (χ0n) is 9.89. The monoisotopic (exact) mass is 235 g/mol. The van der Waals surface area contributed by atoms with Crippen molar-refractivity contribution in [3.63, 3.8) is 0 Å². The second-order valence-electron chi connectivity index (χ2n) is 4.38. The number of nitrogens with one attached hydrogen (secondary N) is 1. The maximum Gasteiger partial charge on any atom is 0.407 e. The Morgan fingerprint density at radius 1 is 1.65 bits per heavy atom. The number of piperidine rings is 1. The molecule has 5 nitrogen and oxygen atoms in total. The molecule has 0 aliphatic carbocycles. The van der Waals surface area contributed by atoms with Crippen LogP contribution in [0.25, 0.3) is 0 Å². The normalized spacial score (nSPS) is 20.1. The fourth-order valence-electron chi connectivity index (χ4n) is 2.10. The molecule has 1 aromatic rings. The highest BCUT2D eigenvalue weighted by molar-refractivity contribution is 5.65. The summed E-state index contributed by atoms with van der Waals surface area (Å²) in [6.45, 7) is 3.16. The van der Waals surface area contributed by atoms with Crippen LogP contribution >= 0.6 is 0 Å². The molecule has 0 aromatic carbocycles. The molecule has 0 unspecified atom stereocenters. The molecule has 2 heterocycles. The van der Waals surface area contributed by atoms with Crippen LogP contribution < -0.4 is 5.32 Å². The first-order valence-electron chi connectivity index (χ1n) is 5.83. The minimum atomic E-state index is -0.839. The van der Waals surface area contributed by atoms with Crippen molar-refractivity contribution >= 4 is 11.9 Å². The van der Waals surface area contributed by atoms with E-state index in [9.17, 15) is 4.79 Å². The Morgan fingerprint density at radius 3 is 3.18 bits per heavy atom. The molecule has 0 saturated carbocycles. The quantitative estimate of drug-likeness (QED) is 0.822. The minimum absolute atomic E-state index is 0.161. The minimum Gasteiger partial charge on any atom is -0.465 e. The Balaban J connectivity index is 1.99. The number of likely N-dealkylation sites (tertiary alicyclic amines) is 1. The van der Waals surface area contributed by atoms with E-state index in [0.29, 0.717) is 13.1 Å². The van der Waals surface area contributed by atoms with Crippen molar-refractivity contribution in [3.8, 4) is 0 Å². The van der Waals surface area contributed by atoms with Gasteiger partial charge in [-0.2, -0.15) is 0 Å². The van der Waals surface area contributed by atoms with E-state index in [1.54, 1.807) is 6.20 Å². The van der Waals surface area contributed by atoms with Crippen molar-refractivity contribution < 1.29 is 9.90 Å². The van der Waals surface area contributed by atoms with Crippen LogP contribution in [-0.2, 0) is 0 Å². The summed E-state index contributed by atoms with van der Waals surface area (Å²) < 4.78 is 0. The molecule has 5 heteroatoms. The van der Waals surface area contributed by atoms with E-state index in [4.69, 9.17) is 5.11 Å². The van der Waals surface area contributed by atoms with Gasteiger partial charge in [-0.25, -0.2) is 9.78 Å². The fourth-order valence-corrected chi connectivity index (χ4v) is 2.10. The van der Waals surface area contributed by atoms with Gasteiger partial charge in [-0.15, -0.1) is 0 Å². The lowest BCUT2D eigenvalue weighted by molar-refractivity contribution is 0.133. The zero-order valence-corrected chi connectivity index (χ0v) is 9.89. The number of hydrogen-bond donors (Lipinski definition) is 2. The summed E-state index contributed by atoms with van der Waals surface area (Å²) in [5.74, 6) is 0.852. The molecule has 1 fully saturated rings. The van der Waals surface area contributed by atoms with Crippen LogP contribution in [0.15, 0.2) is 18.3 Å². The van der Waals surface area contributed by atoms with Gasteiger partial charge >= 0.3 is 6.09 Å². The molecular weight excluding hydrogens is 218 g/mol. The van der Waals surface area contributed by atoms with Crippen LogP contribution in [0.2, 0.25) is 0 Å². The van der Waals surface area contributed by atoms with Crippen molar-refractivity contribution in [2.45, 2.75) is 25.8 Å². The van der Waals surface area contributed by atoms with Gasteiger partial charge in [0.25, 0.3) is 0 Å². The summed E-state index contributed by atoms with van der Waals surface area (Å²) in [6, 6.07) is 4.05. The third-order valence-corrected chi connectivity index (χ3v) is 3.04. The van der Waals surface area contributed by atoms with E-state index in [-0.39, 0.29) is 6.04 Å². The van der Waals surface area contributed by atoms with Crippen LogP contribution in [0.1, 0.15) is 18.4 Å². The average Bonchev–Trinajstić information content (AvgIpc) is 2.32. The Hall–Kier alpha value is -1.78. The van der Waals surface area contributed by atoms with Crippen molar-refractivity contribution in [1.82, 2.24) is 9.88 Å². The molecule has 1 aliphatic rings. The van der Waals surface area contributed by atoms with Crippen LogP contribution in [-0.4, -0.2) is 40.2 Å². The third-order valence-electron chi connectivity index (χ3n) is 3.04. The Bertz CT molecular complexity index is 408. The lowest BCUT2D eigenvalue weighted by Crippen LogP contribution is -2.44. The first kappa shape index (κ1) is 11.7. The first-order chi connectivity index (χ1) is 8.16. The predicted octanol–water partition coefficient (Wildman–Crippen LogP) is 1.94. The molecule has 0 bridgehead atoms. The number of rotatable bonds is 2. The van der Waals surface area contributed by atoms with Crippen molar-refractivity contribution in [3.05, 3.63) is 23.9 Å². The van der Waals surface area contributed by atoms with Gasteiger partial charge in [0, 0.05) is 25.3 Å². The molecule has 0 spiro atoms. The summed E-state index contributed by atoms with van der Waals surface area (Å²) >= 11 is 0. The molecule has 1 aromatic heterocycles. The fraction of sp³-hybridized carbons (Fsp3) is 0.500. The number of amides is 1. The summed E-state index contributed by atoms with van der Waals surface area (Å²) in [7, 11) is 0. The number of hydrogen-bond acceptors (Lipinski definition) is 3. The summed E-state index contributed by atoms with van der Waals surface area (Å²) in [6.07, 6.45) is 2.79. The van der Waals surface area contributed by atoms with E-state index in [0.717, 1.165) is 24.2 Å². The summed E-state index contributed by atoms with van der Waals surface area (Å²) in [4.78, 5) is 16.6. The van der Waals surface area contributed by atoms with Gasteiger partial charge in [0.05, 0.1) is 0 Å². The Morgan fingerprint density at radius 2 is 2.47 bits per heavy atom. The highest BCUT2D eigenvalue weighted by atomic mass is 16.4.